The van der Waals surface area contributed by atoms with E-state index in [2.05, 4.69) is 19.2 Å². The van der Waals surface area contributed by atoms with Gasteiger partial charge in [-0.25, -0.2) is 0 Å². The summed E-state index contributed by atoms with van der Waals surface area (Å²) in [4.78, 5) is 0. The van der Waals surface area contributed by atoms with E-state index < -0.39 is 0 Å². The van der Waals surface area contributed by atoms with Gasteiger partial charge < -0.3 is 10.4 Å². The molecule has 1 rings (SSSR count). The van der Waals surface area contributed by atoms with Crippen molar-refractivity contribution in [2.45, 2.75) is 70.9 Å². The number of rotatable bonds is 7. The first-order valence-electron chi connectivity index (χ1n) is 6.64. The molecule has 90 valence electrons. The molecule has 2 nitrogen and oxygen atoms in total. The van der Waals surface area contributed by atoms with Crippen molar-refractivity contribution in [2.24, 2.45) is 5.92 Å². The van der Waals surface area contributed by atoms with E-state index in [-0.39, 0.29) is 0 Å². The van der Waals surface area contributed by atoms with Crippen LogP contribution in [0.25, 0.3) is 0 Å². The second-order valence-corrected chi connectivity index (χ2v) is 5.04. The van der Waals surface area contributed by atoms with Gasteiger partial charge in [0.15, 0.2) is 0 Å². The van der Waals surface area contributed by atoms with Gasteiger partial charge in [0.25, 0.3) is 0 Å². The minimum absolute atomic E-state index is 0.360. The molecule has 2 N–H and O–H groups in total. The molecule has 1 aliphatic carbocycles. The Balaban J connectivity index is 2.15. The van der Waals surface area contributed by atoms with Crippen LogP contribution in [0.4, 0.5) is 0 Å². The summed E-state index contributed by atoms with van der Waals surface area (Å²) in [5.74, 6) is 0.513. The lowest BCUT2D eigenvalue weighted by atomic mass is 10.0. The van der Waals surface area contributed by atoms with Crippen molar-refractivity contribution in [3.63, 3.8) is 0 Å². The van der Waals surface area contributed by atoms with E-state index in [9.17, 15) is 5.11 Å². The second kappa shape index (κ2) is 7.24. The minimum atomic E-state index is 0.360. The zero-order valence-corrected chi connectivity index (χ0v) is 10.3. The van der Waals surface area contributed by atoms with Gasteiger partial charge in [0.2, 0.25) is 0 Å². The summed E-state index contributed by atoms with van der Waals surface area (Å²) in [5, 5.41) is 12.9. The topological polar surface area (TPSA) is 32.3 Å². The molecule has 0 aromatic heterocycles. The van der Waals surface area contributed by atoms with Crippen molar-refractivity contribution < 1.29 is 5.11 Å². The SMILES string of the molecule is CCCCCC(C)NC1CCCC1CO. The van der Waals surface area contributed by atoms with Crippen LogP contribution < -0.4 is 5.32 Å². The molecular weight excluding hydrogens is 186 g/mol. The number of aliphatic hydroxyl groups excluding tert-OH is 1. The fraction of sp³-hybridized carbons (Fsp3) is 1.00. The first-order chi connectivity index (χ1) is 7.27. The molecule has 0 aromatic rings. The van der Waals surface area contributed by atoms with Crippen LogP contribution >= 0.6 is 0 Å². The fourth-order valence-corrected chi connectivity index (χ4v) is 2.62. The molecule has 3 atom stereocenters. The molecule has 15 heavy (non-hydrogen) atoms. The van der Waals surface area contributed by atoms with Crippen molar-refractivity contribution in [3.05, 3.63) is 0 Å². The summed E-state index contributed by atoms with van der Waals surface area (Å²) >= 11 is 0. The number of nitrogens with one attached hydrogen (secondary N) is 1. The summed E-state index contributed by atoms with van der Waals surface area (Å²) in [7, 11) is 0. The molecule has 1 fully saturated rings. The molecular formula is C13H27NO. The minimum Gasteiger partial charge on any atom is -0.396 e. The van der Waals surface area contributed by atoms with Crippen molar-refractivity contribution in [3.8, 4) is 0 Å². The van der Waals surface area contributed by atoms with Crippen LogP contribution in [0.3, 0.4) is 0 Å². The average Bonchev–Trinajstić information content (AvgIpc) is 2.65. The Morgan fingerprint density at radius 2 is 2.13 bits per heavy atom. The van der Waals surface area contributed by atoms with Gasteiger partial charge in [0.05, 0.1) is 0 Å². The first-order valence-corrected chi connectivity index (χ1v) is 6.64. The number of hydrogen-bond donors (Lipinski definition) is 2. The third-order valence-electron chi connectivity index (χ3n) is 3.63. The molecule has 0 aromatic carbocycles. The zero-order valence-electron chi connectivity index (χ0n) is 10.3. The lowest BCUT2D eigenvalue weighted by molar-refractivity contribution is 0.199. The average molecular weight is 213 g/mol. The third kappa shape index (κ3) is 4.52. The second-order valence-electron chi connectivity index (χ2n) is 5.04. The van der Waals surface area contributed by atoms with Crippen molar-refractivity contribution in [1.29, 1.82) is 0 Å². The Morgan fingerprint density at radius 1 is 1.33 bits per heavy atom. The molecule has 2 heteroatoms. The summed E-state index contributed by atoms with van der Waals surface area (Å²) in [6, 6.07) is 1.19. The highest BCUT2D eigenvalue weighted by atomic mass is 16.3. The van der Waals surface area contributed by atoms with Crippen LogP contribution in [0.1, 0.15) is 58.8 Å². The predicted octanol–water partition coefficient (Wildman–Crippen LogP) is 2.71. The van der Waals surface area contributed by atoms with Crippen LogP contribution in [0.2, 0.25) is 0 Å². The van der Waals surface area contributed by atoms with E-state index in [1.54, 1.807) is 0 Å². The summed E-state index contributed by atoms with van der Waals surface area (Å²) in [6.45, 7) is 4.89. The van der Waals surface area contributed by atoms with E-state index in [1.807, 2.05) is 0 Å². The molecule has 0 spiro atoms. The van der Waals surface area contributed by atoms with Crippen molar-refractivity contribution in [2.75, 3.05) is 6.61 Å². The van der Waals surface area contributed by atoms with Gasteiger partial charge in [-0.3, -0.25) is 0 Å². The summed E-state index contributed by atoms with van der Waals surface area (Å²) in [5.41, 5.74) is 0. The zero-order chi connectivity index (χ0) is 11.1. The van der Waals surface area contributed by atoms with E-state index >= 15 is 0 Å². The van der Waals surface area contributed by atoms with E-state index in [4.69, 9.17) is 0 Å². The van der Waals surface area contributed by atoms with Crippen molar-refractivity contribution >= 4 is 0 Å². The van der Waals surface area contributed by atoms with Crippen LogP contribution in [-0.4, -0.2) is 23.8 Å². The summed E-state index contributed by atoms with van der Waals surface area (Å²) in [6.07, 6.45) is 9.00. The van der Waals surface area contributed by atoms with E-state index in [1.165, 1.54) is 44.9 Å². The maximum Gasteiger partial charge on any atom is 0.0474 e. The highest BCUT2D eigenvalue weighted by molar-refractivity contribution is 4.84. The van der Waals surface area contributed by atoms with Gasteiger partial charge in [-0.1, -0.05) is 32.6 Å². The Kier molecular flexibility index (Phi) is 6.26. The Morgan fingerprint density at radius 3 is 2.80 bits per heavy atom. The molecule has 0 radical (unpaired) electrons. The van der Waals surface area contributed by atoms with Crippen LogP contribution in [-0.2, 0) is 0 Å². The lowest BCUT2D eigenvalue weighted by Crippen LogP contribution is -2.39. The highest BCUT2D eigenvalue weighted by Crippen LogP contribution is 2.25. The molecule has 0 heterocycles. The first kappa shape index (κ1) is 13.0. The van der Waals surface area contributed by atoms with Crippen LogP contribution in [0.15, 0.2) is 0 Å². The molecule has 1 saturated carbocycles. The third-order valence-corrected chi connectivity index (χ3v) is 3.63. The van der Waals surface area contributed by atoms with Gasteiger partial charge in [-0.05, 0) is 32.1 Å². The van der Waals surface area contributed by atoms with Gasteiger partial charge in [0.1, 0.15) is 0 Å². The lowest BCUT2D eigenvalue weighted by Gasteiger charge is -2.23. The fourth-order valence-electron chi connectivity index (χ4n) is 2.62. The van der Waals surface area contributed by atoms with Gasteiger partial charge in [-0.15, -0.1) is 0 Å². The molecule has 3 unspecified atom stereocenters. The summed E-state index contributed by atoms with van der Waals surface area (Å²) < 4.78 is 0. The molecule has 0 amide bonds. The van der Waals surface area contributed by atoms with E-state index in [0.717, 1.165) is 0 Å². The normalized spacial score (nSPS) is 28.2. The maximum absolute atomic E-state index is 9.22. The van der Waals surface area contributed by atoms with E-state index in [0.29, 0.717) is 24.6 Å². The Hall–Kier alpha value is -0.0800. The van der Waals surface area contributed by atoms with Crippen LogP contribution in [0, 0.1) is 5.92 Å². The number of aliphatic hydroxyl groups is 1. The largest absolute Gasteiger partial charge is 0.396 e. The highest BCUT2D eigenvalue weighted by Gasteiger charge is 2.26. The Bertz CT molecular complexity index is 161. The van der Waals surface area contributed by atoms with Gasteiger partial charge >= 0.3 is 0 Å². The molecule has 0 saturated heterocycles. The monoisotopic (exact) mass is 213 g/mol. The van der Waals surface area contributed by atoms with Crippen molar-refractivity contribution in [1.82, 2.24) is 5.32 Å². The number of unbranched alkanes of at least 4 members (excludes halogenated alkanes) is 2. The predicted molar refractivity (Wildman–Crippen MR) is 65.0 cm³/mol. The Labute approximate surface area is 94.5 Å². The molecule has 0 aliphatic heterocycles. The smallest absolute Gasteiger partial charge is 0.0474 e. The molecule has 1 aliphatic rings. The van der Waals surface area contributed by atoms with Crippen LogP contribution in [0.5, 0.6) is 0 Å². The van der Waals surface area contributed by atoms with Gasteiger partial charge in [-0.2, -0.15) is 0 Å². The van der Waals surface area contributed by atoms with Gasteiger partial charge in [0, 0.05) is 18.7 Å². The maximum atomic E-state index is 9.22. The molecule has 0 bridgehead atoms. The standard InChI is InChI=1S/C13H27NO/c1-3-4-5-7-11(2)14-13-9-6-8-12(13)10-15/h11-15H,3-10H2,1-2H3. The quantitative estimate of drug-likeness (QED) is 0.637. The number of hydrogen-bond acceptors (Lipinski definition) is 2.